The number of hydrogen-bond donors (Lipinski definition) is 3. The molecule has 0 unspecified atom stereocenters. The van der Waals surface area contributed by atoms with Gasteiger partial charge in [0.15, 0.2) is 11.6 Å². The molecule has 0 aliphatic heterocycles. The van der Waals surface area contributed by atoms with E-state index in [9.17, 15) is 14.0 Å². The second-order valence-corrected chi connectivity index (χ2v) is 7.69. The SMILES string of the molecule is CC(C)(C)OC(=O)Nc1ccc(CNC(=O)Nc2cc(-c3ccccc3F)on2)cc1. The van der Waals surface area contributed by atoms with E-state index in [0.29, 0.717) is 5.69 Å². The largest absolute Gasteiger partial charge is 0.444 e. The standard InChI is InChI=1S/C22H23FN4O4/c1-22(2,3)30-21(29)25-15-10-8-14(9-11-15)13-24-20(28)26-19-12-18(31-27-19)16-6-4-5-7-17(16)23/h4-12H,13H2,1-3H3,(H,25,29)(H2,24,26,27,28). The first-order valence-electron chi connectivity index (χ1n) is 9.55. The van der Waals surface area contributed by atoms with Crippen molar-refractivity contribution in [1.29, 1.82) is 0 Å². The van der Waals surface area contributed by atoms with Crippen molar-refractivity contribution in [3.8, 4) is 11.3 Å². The lowest BCUT2D eigenvalue weighted by atomic mass is 10.1. The molecule has 0 fully saturated rings. The summed E-state index contributed by atoms with van der Waals surface area (Å²) in [4.78, 5) is 23.9. The number of carbonyl (C=O) groups is 2. The Bertz CT molecular complexity index is 1060. The molecular formula is C22H23FN4O4. The summed E-state index contributed by atoms with van der Waals surface area (Å²) in [5.41, 5.74) is 1.06. The molecule has 0 radical (unpaired) electrons. The van der Waals surface area contributed by atoms with Gasteiger partial charge in [0, 0.05) is 18.3 Å². The minimum absolute atomic E-state index is 0.160. The topological polar surface area (TPSA) is 105 Å². The van der Waals surface area contributed by atoms with Gasteiger partial charge in [0.1, 0.15) is 11.4 Å². The zero-order chi connectivity index (χ0) is 22.4. The number of hydrogen-bond acceptors (Lipinski definition) is 5. The number of ether oxygens (including phenoxy) is 1. The third kappa shape index (κ3) is 6.56. The maximum absolute atomic E-state index is 13.8. The number of carbonyl (C=O) groups excluding carboxylic acids is 2. The average molecular weight is 426 g/mol. The quantitative estimate of drug-likeness (QED) is 0.523. The Morgan fingerprint density at radius 3 is 2.45 bits per heavy atom. The van der Waals surface area contributed by atoms with E-state index in [0.717, 1.165) is 5.56 Å². The van der Waals surface area contributed by atoms with Crippen LogP contribution in [0.25, 0.3) is 11.3 Å². The molecule has 1 heterocycles. The molecule has 3 rings (SSSR count). The summed E-state index contributed by atoms with van der Waals surface area (Å²) in [6.45, 7) is 5.60. The van der Waals surface area contributed by atoms with Crippen LogP contribution in [0.2, 0.25) is 0 Å². The first-order chi connectivity index (χ1) is 14.7. The Labute approximate surface area is 178 Å². The Kier molecular flexibility index (Phi) is 6.54. The molecule has 0 aliphatic rings. The third-order valence-corrected chi connectivity index (χ3v) is 3.94. The van der Waals surface area contributed by atoms with Crippen LogP contribution < -0.4 is 16.0 Å². The second kappa shape index (κ2) is 9.29. The second-order valence-electron chi connectivity index (χ2n) is 7.69. The van der Waals surface area contributed by atoms with Crippen molar-refractivity contribution in [2.24, 2.45) is 0 Å². The van der Waals surface area contributed by atoms with Crippen LogP contribution in [0.1, 0.15) is 26.3 Å². The maximum atomic E-state index is 13.8. The van der Waals surface area contributed by atoms with Crippen molar-refractivity contribution in [1.82, 2.24) is 10.5 Å². The summed E-state index contributed by atoms with van der Waals surface area (Å²) in [7, 11) is 0. The lowest BCUT2D eigenvalue weighted by Crippen LogP contribution is -2.28. The van der Waals surface area contributed by atoms with Gasteiger partial charge in [0.25, 0.3) is 0 Å². The van der Waals surface area contributed by atoms with Gasteiger partial charge in [-0.25, -0.2) is 14.0 Å². The number of nitrogens with one attached hydrogen (secondary N) is 3. The Morgan fingerprint density at radius 2 is 1.77 bits per heavy atom. The number of anilines is 2. The highest BCUT2D eigenvalue weighted by Crippen LogP contribution is 2.24. The van der Waals surface area contributed by atoms with Crippen molar-refractivity contribution >= 4 is 23.6 Å². The monoisotopic (exact) mass is 426 g/mol. The van der Waals surface area contributed by atoms with Gasteiger partial charge in [0.05, 0.1) is 5.56 Å². The molecule has 3 amide bonds. The lowest BCUT2D eigenvalue weighted by molar-refractivity contribution is 0.0636. The van der Waals surface area contributed by atoms with E-state index in [1.807, 2.05) is 0 Å². The average Bonchev–Trinajstić information content (AvgIpc) is 3.14. The molecule has 2 aromatic carbocycles. The van der Waals surface area contributed by atoms with Crippen LogP contribution in [-0.4, -0.2) is 22.9 Å². The van der Waals surface area contributed by atoms with Gasteiger partial charge in [-0.1, -0.05) is 29.4 Å². The smallest absolute Gasteiger partial charge is 0.412 e. The number of urea groups is 1. The van der Waals surface area contributed by atoms with E-state index < -0.39 is 23.5 Å². The van der Waals surface area contributed by atoms with Crippen molar-refractivity contribution in [3.63, 3.8) is 0 Å². The fraction of sp³-hybridized carbons (Fsp3) is 0.227. The minimum Gasteiger partial charge on any atom is -0.444 e. The molecule has 0 bridgehead atoms. The van der Waals surface area contributed by atoms with E-state index in [1.165, 1.54) is 12.1 Å². The summed E-state index contributed by atoms with van der Waals surface area (Å²) in [6, 6.07) is 14.0. The number of halogens is 1. The molecular weight excluding hydrogens is 403 g/mol. The summed E-state index contributed by atoms with van der Waals surface area (Å²) in [5.74, 6) is -0.0756. The van der Waals surface area contributed by atoms with E-state index in [-0.39, 0.29) is 23.7 Å². The van der Waals surface area contributed by atoms with E-state index >= 15 is 0 Å². The van der Waals surface area contributed by atoms with Crippen molar-refractivity contribution in [2.45, 2.75) is 32.9 Å². The third-order valence-electron chi connectivity index (χ3n) is 3.94. The Morgan fingerprint density at radius 1 is 1.06 bits per heavy atom. The molecule has 0 aliphatic carbocycles. The number of benzene rings is 2. The first kappa shape index (κ1) is 21.8. The normalized spacial score (nSPS) is 11.0. The highest BCUT2D eigenvalue weighted by atomic mass is 19.1. The van der Waals surface area contributed by atoms with Gasteiger partial charge in [-0.05, 0) is 50.6 Å². The van der Waals surface area contributed by atoms with Crippen molar-refractivity contribution in [3.05, 3.63) is 66.0 Å². The van der Waals surface area contributed by atoms with Gasteiger partial charge < -0.3 is 14.6 Å². The molecule has 8 nitrogen and oxygen atoms in total. The number of amides is 3. The van der Waals surface area contributed by atoms with Gasteiger partial charge in [0.2, 0.25) is 0 Å². The van der Waals surface area contributed by atoms with E-state index in [2.05, 4.69) is 21.1 Å². The fourth-order valence-corrected chi connectivity index (χ4v) is 2.59. The summed E-state index contributed by atoms with van der Waals surface area (Å²) >= 11 is 0. The van der Waals surface area contributed by atoms with Gasteiger partial charge in [-0.3, -0.25) is 10.6 Å². The maximum Gasteiger partial charge on any atom is 0.412 e. The highest BCUT2D eigenvalue weighted by molar-refractivity contribution is 5.88. The first-order valence-corrected chi connectivity index (χ1v) is 9.55. The van der Waals surface area contributed by atoms with Crippen molar-refractivity contribution < 1.29 is 23.2 Å². The fourth-order valence-electron chi connectivity index (χ4n) is 2.59. The number of aromatic nitrogens is 1. The molecule has 31 heavy (non-hydrogen) atoms. The predicted octanol–water partition coefficient (Wildman–Crippen LogP) is 5.15. The van der Waals surface area contributed by atoms with Gasteiger partial charge in [-0.2, -0.15) is 0 Å². The molecule has 9 heteroatoms. The lowest BCUT2D eigenvalue weighted by Gasteiger charge is -2.19. The van der Waals surface area contributed by atoms with E-state index in [1.54, 1.807) is 63.2 Å². The predicted molar refractivity (Wildman–Crippen MR) is 114 cm³/mol. The summed E-state index contributed by atoms with van der Waals surface area (Å²) in [5, 5.41) is 11.6. The summed E-state index contributed by atoms with van der Waals surface area (Å²) < 4.78 is 24.1. The minimum atomic E-state index is -0.582. The van der Waals surface area contributed by atoms with E-state index in [4.69, 9.17) is 9.26 Å². The van der Waals surface area contributed by atoms with Gasteiger partial charge in [-0.15, -0.1) is 0 Å². The van der Waals surface area contributed by atoms with Crippen LogP contribution in [0, 0.1) is 5.82 Å². The molecule has 162 valence electrons. The molecule has 3 N–H and O–H groups in total. The molecule has 0 spiro atoms. The Balaban J connectivity index is 1.49. The zero-order valence-electron chi connectivity index (χ0n) is 17.4. The molecule has 3 aromatic rings. The van der Waals surface area contributed by atoms with Crippen LogP contribution in [-0.2, 0) is 11.3 Å². The molecule has 0 saturated heterocycles. The van der Waals surface area contributed by atoms with Crippen molar-refractivity contribution in [2.75, 3.05) is 10.6 Å². The van der Waals surface area contributed by atoms with Crippen LogP contribution >= 0.6 is 0 Å². The molecule has 1 aromatic heterocycles. The Hall–Kier alpha value is -3.88. The van der Waals surface area contributed by atoms with Crippen LogP contribution in [0.5, 0.6) is 0 Å². The number of rotatable bonds is 5. The molecule has 0 saturated carbocycles. The summed E-state index contributed by atoms with van der Waals surface area (Å²) in [6.07, 6.45) is -0.542. The van der Waals surface area contributed by atoms with Crippen LogP contribution in [0.4, 0.5) is 25.5 Å². The zero-order valence-corrected chi connectivity index (χ0v) is 17.4. The number of nitrogens with zero attached hydrogens (tertiary/aromatic N) is 1. The van der Waals surface area contributed by atoms with Crippen LogP contribution in [0.15, 0.2) is 59.1 Å². The molecule has 0 atom stereocenters. The van der Waals surface area contributed by atoms with Gasteiger partial charge >= 0.3 is 12.1 Å². The van der Waals surface area contributed by atoms with Crippen LogP contribution in [0.3, 0.4) is 0 Å². The highest BCUT2D eigenvalue weighted by Gasteiger charge is 2.16.